The summed E-state index contributed by atoms with van der Waals surface area (Å²) in [5, 5.41) is 13.5. The number of fused-ring (bicyclic) bond motifs is 4. The predicted molar refractivity (Wildman–Crippen MR) is 138 cm³/mol. The molecule has 0 aromatic heterocycles. The first kappa shape index (κ1) is 29.2. The molecule has 5 atom stereocenters. The van der Waals surface area contributed by atoms with Crippen molar-refractivity contribution in [2.45, 2.75) is 83.2 Å². The molecule has 0 radical (unpaired) electrons. The maximum absolute atomic E-state index is 12.8. The van der Waals surface area contributed by atoms with Crippen molar-refractivity contribution in [2.24, 2.45) is 17.3 Å². The second-order valence-electron chi connectivity index (χ2n) is 11.3. The summed E-state index contributed by atoms with van der Waals surface area (Å²) >= 11 is 5.98. The van der Waals surface area contributed by atoms with Crippen LogP contribution >= 0.6 is 11.6 Å². The molecule has 1 aromatic rings. The molecule has 7 heteroatoms. The molecular weight excluding hydrogens is 511 g/mol. The molecule has 0 amide bonds. The van der Waals surface area contributed by atoms with E-state index in [1.807, 2.05) is 6.08 Å². The molecular formula is C31H32ClNaO5. The summed E-state index contributed by atoms with van der Waals surface area (Å²) < 4.78 is 6.11. The molecule has 4 aliphatic carbocycles. The third-order valence-electron chi connectivity index (χ3n) is 9.40. The van der Waals surface area contributed by atoms with E-state index in [2.05, 4.69) is 49.4 Å². The number of benzene rings is 1. The zero-order chi connectivity index (χ0) is 26.4. The number of carbonyl (C=O) groups excluding carboxylic acids is 3. The van der Waals surface area contributed by atoms with Crippen LogP contribution in [0.5, 0.6) is 0 Å². The second kappa shape index (κ2) is 11.3. The van der Waals surface area contributed by atoms with Gasteiger partial charge in [0.05, 0.1) is 6.42 Å². The molecule has 0 spiro atoms. The standard InChI is InChI=1S/C31H33ClO5.Na/c1-19-3-5-20(6-4-19)25-18-30(2)26(24-9-7-21-17-22(33)8-10-23(21)29(24)25)13-14-31(30,15-16-32)37-28(36)12-11-27(34)35;/h3-6,17,24-26H,7-14,18H2,1-2H3,(H,34,35);/q;+1/p-1/t24?,25-,26?,30+,31-;/m1./s1. The van der Waals surface area contributed by atoms with Crippen molar-refractivity contribution in [1.29, 1.82) is 0 Å². The van der Waals surface area contributed by atoms with E-state index in [0.717, 1.165) is 32.1 Å². The smallest absolute Gasteiger partial charge is 0.550 e. The van der Waals surface area contributed by atoms with Gasteiger partial charge in [-0.25, -0.2) is 0 Å². The number of carbonyl (C=O) groups is 3. The number of hydrogen-bond acceptors (Lipinski definition) is 5. The van der Waals surface area contributed by atoms with Crippen molar-refractivity contribution >= 4 is 29.3 Å². The van der Waals surface area contributed by atoms with E-state index >= 15 is 0 Å². The van der Waals surface area contributed by atoms with E-state index in [1.54, 1.807) is 0 Å². The number of aliphatic carboxylic acids is 1. The number of aryl methyl sites for hydroxylation is 1. The van der Waals surface area contributed by atoms with Gasteiger partial charge in [0.2, 0.25) is 0 Å². The molecule has 2 fully saturated rings. The Hall–Kier alpha value is -1.84. The van der Waals surface area contributed by atoms with Crippen LogP contribution in [0.1, 0.15) is 81.8 Å². The average molecular weight is 543 g/mol. The minimum atomic E-state index is -1.28. The minimum Gasteiger partial charge on any atom is -0.550 e. The first-order valence-corrected chi connectivity index (χ1v) is 13.6. The number of carboxylic acids is 1. The zero-order valence-corrected chi connectivity index (χ0v) is 25.2. The second-order valence-corrected chi connectivity index (χ2v) is 11.5. The predicted octanol–water partition coefficient (Wildman–Crippen LogP) is 1.91. The quantitative estimate of drug-likeness (QED) is 0.322. The number of esters is 1. The first-order valence-electron chi connectivity index (χ1n) is 13.3. The van der Waals surface area contributed by atoms with Crippen molar-refractivity contribution in [2.75, 3.05) is 0 Å². The number of carboxylic acid groups (broad SMARTS) is 1. The van der Waals surface area contributed by atoms with Crippen LogP contribution in [0.3, 0.4) is 0 Å². The van der Waals surface area contributed by atoms with Crippen LogP contribution in [-0.2, 0) is 19.1 Å². The summed E-state index contributed by atoms with van der Waals surface area (Å²) in [6, 6.07) is 8.65. The van der Waals surface area contributed by atoms with E-state index in [9.17, 15) is 19.5 Å². The molecule has 0 saturated heterocycles. The zero-order valence-electron chi connectivity index (χ0n) is 22.4. The summed E-state index contributed by atoms with van der Waals surface area (Å²) in [7, 11) is 0. The van der Waals surface area contributed by atoms with Gasteiger partial charge < -0.3 is 14.6 Å². The van der Waals surface area contributed by atoms with E-state index in [0.29, 0.717) is 18.8 Å². The van der Waals surface area contributed by atoms with E-state index in [1.165, 1.54) is 27.8 Å². The van der Waals surface area contributed by atoms with Gasteiger partial charge in [0, 0.05) is 29.1 Å². The monoisotopic (exact) mass is 542 g/mol. The van der Waals surface area contributed by atoms with Gasteiger partial charge in [0.25, 0.3) is 0 Å². The number of allylic oxidation sites excluding steroid dienone is 4. The van der Waals surface area contributed by atoms with Crippen LogP contribution in [0.4, 0.5) is 0 Å². The van der Waals surface area contributed by atoms with Gasteiger partial charge >= 0.3 is 35.5 Å². The molecule has 194 valence electrons. The van der Waals surface area contributed by atoms with Crippen molar-refractivity contribution in [3.63, 3.8) is 0 Å². The Morgan fingerprint density at radius 3 is 2.55 bits per heavy atom. The summed E-state index contributed by atoms with van der Waals surface area (Å²) in [5.41, 5.74) is 4.86. The first-order chi connectivity index (χ1) is 17.7. The maximum Gasteiger partial charge on any atom is 1.00 e. The van der Waals surface area contributed by atoms with E-state index < -0.39 is 23.0 Å². The molecule has 2 saturated carbocycles. The van der Waals surface area contributed by atoms with Crippen LogP contribution in [0.2, 0.25) is 0 Å². The van der Waals surface area contributed by atoms with Crippen molar-refractivity contribution in [1.82, 2.24) is 0 Å². The number of ketones is 1. The Balaban J connectivity index is 0.00000336. The number of halogens is 1. The average Bonchev–Trinajstić information content (AvgIpc) is 3.14. The molecule has 0 N–H and O–H groups in total. The molecule has 0 aliphatic heterocycles. The van der Waals surface area contributed by atoms with Crippen LogP contribution in [0.15, 0.2) is 47.1 Å². The van der Waals surface area contributed by atoms with Crippen molar-refractivity contribution in [3.05, 3.63) is 58.2 Å². The SMILES string of the molecule is Cc1ccc([C@H]2C[C@@]3(C)C(CC[C@]3(C#CCl)OC(=O)CCC(=O)[O-])C3CCC4=CC(=O)CCC4=C32)cc1.[Na+]. The minimum absolute atomic E-state index is 0. The summed E-state index contributed by atoms with van der Waals surface area (Å²) in [5.74, 6) is 2.08. The summed E-state index contributed by atoms with van der Waals surface area (Å²) in [4.78, 5) is 36.0. The molecule has 4 aliphatic rings. The van der Waals surface area contributed by atoms with Crippen molar-refractivity contribution in [3.8, 4) is 11.3 Å². The van der Waals surface area contributed by atoms with Gasteiger partial charge in [-0.1, -0.05) is 42.3 Å². The van der Waals surface area contributed by atoms with Gasteiger partial charge in [-0.15, -0.1) is 0 Å². The van der Waals surface area contributed by atoms with Gasteiger partial charge in [0.15, 0.2) is 11.4 Å². The summed E-state index contributed by atoms with van der Waals surface area (Å²) in [6.07, 6.45) is 6.52. The molecule has 0 heterocycles. The van der Waals surface area contributed by atoms with Crippen LogP contribution in [0.25, 0.3) is 0 Å². The van der Waals surface area contributed by atoms with E-state index in [-0.39, 0.29) is 60.0 Å². The fraction of sp³-hybridized carbons (Fsp3) is 0.516. The Bertz CT molecular complexity index is 1270. The number of hydrogen-bond donors (Lipinski definition) is 0. The Labute approximate surface area is 251 Å². The molecule has 5 nitrogen and oxygen atoms in total. The van der Waals surface area contributed by atoms with E-state index in [4.69, 9.17) is 16.3 Å². The number of rotatable bonds is 5. The van der Waals surface area contributed by atoms with Gasteiger partial charge in [-0.3, -0.25) is 9.59 Å². The normalized spacial score (nSPS) is 31.5. The van der Waals surface area contributed by atoms with Crippen LogP contribution in [-0.4, -0.2) is 23.3 Å². The third-order valence-corrected chi connectivity index (χ3v) is 9.50. The number of ether oxygens (including phenoxy) is 1. The van der Waals surface area contributed by atoms with Gasteiger partial charge in [-0.05, 0) is 104 Å². The Kier molecular flexibility index (Phi) is 8.70. The maximum atomic E-state index is 12.8. The van der Waals surface area contributed by atoms with Gasteiger partial charge in [0.1, 0.15) is 0 Å². The Morgan fingerprint density at radius 2 is 1.87 bits per heavy atom. The molecule has 0 bridgehead atoms. The third kappa shape index (κ3) is 5.06. The van der Waals surface area contributed by atoms with Crippen LogP contribution in [0, 0.1) is 35.5 Å². The molecule has 2 unspecified atom stereocenters. The van der Waals surface area contributed by atoms with Crippen molar-refractivity contribution < 1.29 is 53.8 Å². The Morgan fingerprint density at radius 1 is 1.13 bits per heavy atom. The fourth-order valence-electron chi connectivity index (χ4n) is 7.67. The largest absolute Gasteiger partial charge is 1.00 e. The molecule has 1 aromatic carbocycles. The molecule has 5 rings (SSSR count). The topological polar surface area (TPSA) is 83.5 Å². The van der Waals surface area contributed by atoms with Crippen LogP contribution < -0.4 is 34.7 Å². The fourth-order valence-corrected chi connectivity index (χ4v) is 7.82. The summed E-state index contributed by atoms with van der Waals surface area (Å²) in [6.45, 7) is 4.25. The molecule has 38 heavy (non-hydrogen) atoms. The van der Waals surface area contributed by atoms with Gasteiger partial charge in [-0.2, -0.15) is 0 Å².